The molecule has 8 heteroatoms. The van der Waals surface area contributed by atoms with Crippen LogP contribution in [0.15, 0.2) is 47.4 Å². The van der Waals surface area contributed by atoms with Crippen LogP contribution >= 0.6 is 11.6 Å². The number of hydrogen-bond donors (Lipinski definition) is 1. The van der Waals surface area contributed by atoms with Gasteiger partial charge < -0.3 is 10.1 Å². The molecule has 1 heterocycles. The van der Waals surface area contributed by atoms with Crippen LogP contribution in [-0.4, -0.2) is 33.5 Å². The van der Waals surface area contributed by atoms with Crippen LogP contribution in [-0.2, 0) is 14.8 Å². The van der Waals surface area contributed by atoms with Crippen LogP contribution in [0.5, 0.6) is 5.75 Å². The number of anilines is 1. The second-order valence-electron chi connectivity index (χ2n) is 7.21. The van der Waals surface area contributed by atoms with Gasteiger partial charge in [-0.3, -0.25) is 9.10 Å². The van der Waals surface area contributed by atoms with Gasteiger partial charge in [-0.25, -0.2) is 8.42 Å². The van der Waals surface area contributed by atoms with Crippen molar-refractivity contribution >= 4 is 33.2 Å². The summed E-state index contributed by atoms with van der Waals surface area (Å²) in [6.07, 6.45) is -0.951. The van der Waals surface area contributed by atoms with Gasteiger partial charge >= 0.3 is 0 Å². The van der Waals surface area contributed by atoms with Gasteiger partial charge in [0.25, 0.3) is 15.9 Å². The van der Waals surface area contributed by atoms with Gasteiger partial charge in [0.2, 0.25) is 0 Å². The molecule has 0 unspecified atom stereocenters. The van der Waals surface area contributed by atoms with Gasteiger partial charge in [-0.2, -0.15) is 0 Å². The minimum Gasteiger partial charge on any atom is -0.476 e. The fraction of sp³-hybridized carbons (Fsp3) is 0.350. The largest absolute Gasteiger partial charge is 0.476 e. The highest BCUT2D eigenvalue weighted by Crippen LogP contribution is 2.38. The van der Waals surface area contributed by atoms with Gasteiger partial charge in [0.15, 0.2) is 6.10 Å². The number of nitrogens with zero attached hydrogens (tertiary/aromatic N) is 1. The monoisotopic (exact) mass is 422 g/mol. The van der Waals surface area contributed by atoms with E-state index in [0.717, 1.165) is 5.56 Å². The molecule has 1 N–H and O–H groups in total. The maximum Gasteiger partial charge on any atom is 0.264 e. The van der Waals surface area contributed by atoms with E-state index in [1.165, 1.54) is 10.4 Å². The molecule has 6 nitrogen and oxygen atoms in total. The molecule has 150 valence electrons. The summed E-state index contributed by atoms with van der Waals surface area (Å²) >= 11 is 6.09. The SMILES string of the molecule is Cc1ccc(S(=O)(=O)N2C[C@H](C(=O)NCC(C)C)Oc3ccc(Cl)cc32)cc1. The van der Waals surface area contributed by atoms with E-state index >= 15 is 0 Å². The number of nitrogens with one attached hydrogen (secondary N) is 1. The first-order valence-corrected chi connectivity index (χ1v) is 10.8. The molecule has 1 aliphatic rings. The van der Waals surface area contributed by atoms with Gasteiger partial charge in [0, 0.05) is 11.6 Å². The highest BCUT2D eigenvalue weighted by Gasteiger charge is 2.37. The lowest BCUT2D eigenvalue weighted by Gasteiger charge is -2.35. The van der Waals surface area contributed by atoms with Crippen molar-refractivity contribution in [2.75, 3.05) is 17.4 Å². The minimum atomic E-state index is -3.89. The maximum atomic E-state index is 13.3. The molecule has 1 aliphatic heterocycles. The third-order valence-corrected chi connectivity index (χ3v) is 6.41. The second-order valence-corrected chi connectivity index (χ2v) is 9.51. The highest BCUT2D eigenvalue weighted by molar-refractivity contribution is 7.92. The summed E-state index contributed by atoms with van der Waals surface area (Å²) in [7, 11) is -3.89. The summed E-state index contributed by atoms with van der Waals surface area (Å²) < 4.78 is 33.6. The van der Waals surface area contributed by atoms with Crippen LogP contribution in [0, 0.1) is 12.8 Å². The molecule has 1 amide bonds. The molecule has 0 saturated heterocycles. The molecule has 0 aliphatic carbocycles. The van der Waals surface area contributed by atoms with Crippen molar-refractivity contribution in [3.8, 4) is 5.75 Å². The van der Waals surface area contributed by atoms with Crippen LogP contribution in [0.4, 0.5) is 5.69 Å². The number of fused-ring (bicyclic) bond motifs is 1. The molecule has 0 fully saturated rings. The van der Waals surface area contributed by atoms with Crippen molar-refractivity contribution in [1.82, 2.24) is 5.32 Å². The summed E-state index contributed by atoms with van der Waals surface area (Å²) in [6, 6.07) is 11.3. The first kappa shape index (κ1) is 20.5. The normalized spacial score (nSPS) is 16.5. The lowest BCUT2D eigenvalue weighted by Crippen LogP contribution is -2.51. The van der Waals surface area contributed by atoms with Gasteiger partial charge in [0.05, 0.1) is 17.1 Å². The molecule has 0 saturated carbocycles. The number of carbonyl (C=O) groups is 1. The fourth-order valence-electron chi connectivity index (χ4n) is 2.84. The van der Waals surface area contributed by atoms with Crippen molar-refractivity contribution in [2.45, 2.75) is 31.8 Å². The van der Waals surface area contributed by atoms with E-state index in [4.69, 9.17) is 16.3 Å². The number of benzene rings is 2. The van der Waals surface area contributed by atoms with Crippen LogP contribution in [0.1, 0.15) is 19.4 Å². The number of hydrogen-bond acceptors (Lipinski definition) is 4. The van der Waals surface area contributed by atoms with E-state index in [-0.39, 0.29) is 23.3 Å². The molecule has 0 spiro atoms. The molecular formula is C20H23ClN2O4S. The highest BCUT2D eigenvalue weighted by atomic mass is 35.5. The zero-order chi connectivity index (χ0) is 20.5. The maximum absolute atomic E-state index is 13.3. The molecule has 28 heavy (non-hydrogen) atoms. The summed E-state index contributed by atoms with van der Waals surface area (Å²) in [5, 5.41) is 3.19. The van der Waals surface area contributed by atoms with Crippen LogP contribution in [0.25, 0.3) is 0 Å². The topological polar surface area (TPSA) is 75.7 Å². The average Bonchev–Trinajstić information content (AvgIpc) is 2.65. The van der Waals surface area contributed by atoms with Gasteiger partial charge in [-0.1, -0.05) is 43.1 Å². The molecule has 0 radical (unpaired) electrons. The Kier molecular flexibility index (Phi) is 5.86. The Balaban J connectivity index is 1.99. The van der Waals surface area contributed by atoms with Crippen LogP contribution in [0.3, 0.4) is 0 Å². The van der Waals surface area contributed by atoms with Crippen molar-refractivity contribution in [3.63, 3.8) is 0 Å². The Morgan fingerprint density at radius 2 is 1.93 bits per heavy atom. The standard InChI is InChI=1S/C20H23ClN2O4S/c1-13(2)11-22-20(24)19-12-23(17-10-15(21)6-9-18(17)27-19)28(25,26)16-7-4-14(3)5-8-16/h4-10,13,19H,11-12H2,1-3H3,(H,22,24)/t19-/m1/s1. The first-order valence-electron chi connectivity index (χ1n) is 9.02. The minimum absolute atomic E-state index is 0.131. The van der Waals surface area contributed by atoms with Crippen LogP contribution in [0.2, 0.25) is 5.02 Å². The van der Waals surface area contributed by atoms with Crippen molar-refractivity contribution in [3.05, 3.63) is 53.1 Å². The lowest BCUT2D eigenvalue weighted by molar-refractivity contribution is -0.127. The van der Waals surface area contributed by atoms with E-state index in [1.54, 1.807) is 36.4 Å². The zero-order valence-electron chi connectivity index (χ0n) is 16.0. The molecule has 0 aromatic heterocycles. The predicted molar refractivity (Wildman–Crippen MR) is 109 cm³/mol. The zero-order valence-corrected chi connectivity index (χ0v) is 17.5. The molecule has 2 aromatic carbocycles. The first-order chi connectivity index (χ1) is 13.2. The summed E-state index contributed by atoms with van der Waals surface area (Å²) in [6.45, 7) is 6.20. The Hall–Kier alpha value is -2.25. The smallest absolute Gasteiger partial charge is 0.264 e. The summed E-state index contributed by atoms with van der Waals surface area (Å²) in [4.78, 5) is 12.7. The number of ether oxygens (including phenoxy) is 1. The van der Waals surface area contributed by atoms with E-state index in [1.807, 2.05) is 20.8 Å². The molecule has 1 atom stereocenters. The number of aryl methyl sites for hydroxylation is 1. The van der Waals surface area contributed by atoms with E-state index in [2.05, 4.69) is 5.32 Å². The fourth-order valence-corrected chi connectivity index (χ4v) is 4.48. The van der Waals surface area contributed by atoms with Crippen molar-refractivity contribution < 1.29 is 17.9 Å². The van der Waals surface area contributed by atoms with Gasteiger partial charge in [-0.05, 0) is 43.2 Å². The Morgan fingerprint density at radius 1 is 1.25 bits per heavy atom. The second kappa shape index (κ2) is 8.01. The molecular weight excluding hydrogens is 400 g/mol. The van der Waals surface area contributed by atoms with E-state index in [0.29, 0.717) is 23.0 Å². The third kappa shape index (κ3) is 4.25. The summed E-state index contributed by atoms with van der Waals surface area (Å²) in [5.41, 5.74) is 1.27. The van der Waals surface area contributed by atoms with Gasteiger partial charge in [0.1, 0.15) is 5.75 Å². The Labute approximate surface area is 170 Å². The Morgan fingerprint density at radius 3 is 2.57 bits per heavy atom. The van der Waals surface area contributed by atoms with Crippen LogP contribution < -0.4 is 14.4 Å². The Bertz CT molecular complexity index is 974. The van der Waals surface area contributed by atoms with Crippen molar-refractivity contribution in [2.24, 2.45) is 5.92 Å². The number of rotatable bonds is 5. The number of halogens is 1. The lowest BCUT2D eigenvalue weighted by atomic mass is 10.2. The number of sulfonamides is 1. The average molecular weight is 423 g/mol. The number of amides is 1. The van der Waals surface area contributed by atoms with E-state index in [9.17, 15) is 13.2 Å². The van der Waals surface area contributed by atoms with Gasteiger partial charge in [-0.15, -0.1) is 0 Å². The molecule has 2 aromatic rings. The summed E-state index contributed by atoms with van der Waals surface area (Å²) in [5.74, 6) is 0.223. The quantitative estimate of drug-likeness (QED) is 0.801. The third-order valence-electron chi connectivity index (χ3n) is 4.38. The molecule has 3 rings (SSSR count). The van der Waals surface area contributed by atoms with Crippen molar-refractivity contribution in [1.29, 1.82) is 0 Å². The van der Waals surface area contributed by atoms with E-state index < -0.39 is 16.1 Å². The molecule has 0 bridgehead atoms. The number of carbonyl (C=O) groups excluding carboxylic acids is 1. The predicted octanol–water partition coefficient (Wildman–Crippen LogP) is 3.38.